The van der Waals surface area contributed by atoms with Gasteiger partial charge in [0, 0.05) is 19.8 Å². The van der Waals surface area contributed by atoms with E-state index in [0.29, 0.717) is 11.4 Å². The van der Waals surface area contributed by atoms with Crippen LogP contribution in [0.4, 0.5) is 5.69 Å². The molecule has 0 spiro atoms. The van der Waals surface area contributed by atoms with E-state index in [1.165, 1.54) is 4.90 Å². The van der Waals surface area contributed by atoms with E-state index in [2.05, 4.69) is 5.32 Å². The van der Waals surface area contributed by atoms with Gasteiger partial charge in [-0.25, -0.2) is 0 Å². The number of amides is 2. The van der Waals surface area contributed by atoms with Gasteiger partial charge in [0.2, 0.25) is 5.91 Å². The van der Waals surface area contributed by atoms with Crippen LogP contribution in [0.3, 0.4) is 0 Å². The van der Waals surface area contributed by atoms with E-state index < -0.39 is 6.04 Å². The maximum Gasteiger partial charge on any atom is 0.259 e. The molecule has 0 bridgehead atoms. The Bertz CT molecular complexity index is 441. The van der Waals surface area contributed by atoms with Crippen molar-refractivity contribution in [2.45, 2.75) is 13.0 Å². The summed E-state index contributed by atoms with van der Waals surface area (Å²) in [4.78, 5) is 24.2. The summed E-state index contributed by atoms with van der Waals surface area (Å²) in [5, 5.41) is 2.66. The molecule has 1 aromatic rings. The SMILES string of the molecule is C[C@@H](N)C(=O)Nc1ccc(OCC(=O)N(C)C)cc1. The molecule has 0 fully saturated rings. The van der Waals surface area contributed by atoms with Crippen LogP contribution >= 0.6 is 0 Å². The van der Waals surface area contributed by atoms with Crippen LogP contribution in [0.1, 0.15) is 6.92 Å². The second-order valence-electron chi connectivity index (χ2n) is 4.38. The van der Waals surface area contributed by atoms with Gasteiger partial charge in [0.05, 0.1) is 6.04 Å². The second kappa shape index (κ2) is 6.75. The summed E-state index contributed by atoms with van der Waals surface area (Å²) in [6.07, 6.45) is 0. The quantitative estimate of drug-likeness (QED) is 0.809. The van der Waals surface area contributed by atoms with Crippen LogP contribution in [0.5, 0.6) is 5.75 Å². The summed E-state index contributed by atoms with van der Waals surface area (Å²) in [6, 6.07) is 6.18. The van der Waals surface area contributed by atoms with Crippen molar-refractivity contribution in [3.8, 4) is 5.75 Å². The molecule has 0 aromatic heterocycles. The van der Waals surface area contributed by atoms with Gasteiger partial charge < -0.3 is 20.7 Å². The number of hydrogen-bond acceptors (Lipinski definition) is 4. The van der Waals surface area contributed by atoms with Crippen molar-refractivity contribution in [1.82, 2.24) is 4.90 Å². The predicted octanol–water partition coefficient (Wildman–Crippen LogP) is 0.439. The minimum atomic E-state index is -0.561. The van der Waals surface area contributed by atoms with Crippen LogP contribution in [0.2, 0.25) is 0 Å². The fourth-order valence-corrected chi connectivity index (χ4v) is 1.16. The van der Waals surface area contributed by atoms with Gasteiger partial charge in [-0.2, -0.15) is 0 Å². The number of carbonyl (C=O) groups is 2. The molecule has 19 heavy (non-hydrogen) atoms. The summed E-state index contributed by atoms with van der Waals surface area (Å²) in [6.45, 7) is 1.60. The molecule has 3 N–H and O–H groups in total. The minimum Gasteiger partial charge on any atom is -0.484 e. The van der Waals surface area contributed by atoms with Gasteiger partial charge in [-0.1, -0.05) is 0 Å². The third-order valence-corrected chi connectivity index (χ3v) is 2.40. The van der Waals surface area contributed by atoms with Crippen LogP contribution < -0.4 is 15.8 Å². The monoisotopic (exact) mass is 265 g/mol. The number of nitrogens with one attached hydrogen (secondary N) is 1. The fourth-order valence-electron chi connectivity index (χ4n) is 1.16. The first-order chi connectivity index (χ1) is 8.90. The van der Waals surface area contributed by atoms with Crippen molar-refractivity contribution in [2.24, 2.45) is 5.73 Å². The van der Waals surface area contributed by atoms with Crippen molar-refractivity contribution in [3.05, 3.63) is 24.3 Å². The molecular weight excluding hydrogens is 246 g/mol. The number of nitrogens with two attached hydrogens (primary N) is 1. The zero-order chi connectivity index (χ0) is 14.4. The van der Waals surface area contributed by atoms with Crippen LogP contribution in [-0.4, -0.2) is 43.5 Å². The van der Waals surface area contributed by atoms with E-state index in [1.807, 2.05) is 0 Å². The number of hydrogen-bond donors (Lipinski definition) is 2. The Morgan fingerprint density at radius 2 is 1.89 bits per heavy atom. The van der Waals surface area contributed by atoms with E-state index in [4.69, 9.17) is 10.5 Å². The van der Waals surface area contributed by atoms with Gasteiger partial charge in [0.1, 0.15) is 5.75 Å². The molecule has 6 heteroatoms. The van der Waals surface area contributed by atoms with Gasteiger partial charge in [0.15, 0.2) is 6.61 Å². The highest BCUT2D eigenvalue weighted by atomic mass is 16.5. The highest BCUT2D eigenvalue weighted by Crippen LogP contribution is 2.15. The average molecular weight is 265 g/mol. The second-order valence-corrected chi connectivity index (χ2v) is 4.38. The van der Waals surface area contributed by atoms with Gasteiger partial charge in [0.25, 0.3) is 5.91 Å². The molecule has 104 valence electrons. The first-order valence-corrected chi connectivity index (χ1v) is 5.89. The Kier molecular flexibility index (Phi) is 5.32. The third-order valence-electron chi connectivity index (χ3n) is 2.40. The van der Waals surface area contributed by atoms with E-state index in [1.54, 1.807) is 45.3 Å². The van der Waals surface area contributed by atoms with Crippen molar-refractivity contribution in [3.63, 3.8) is 0 Å². The minimum absolute atomic E-state index is 0.0153. The Morgan fingerprint density at radius 3 is 2.37 bits per heavy atom. The number of rotatable bonds is 5. The Labute approximate surface area is 112 Å². The zero-order valence-electron chi connectivity index (χ0n) is 11.3. The molecule has 1 atom stereocenters. The van der Waals surface area contributed by atoms with Gasteiger partial charge in [-0.15, -0.1) is 0 Å². The first kappa shape index (κ1) is 15.0. The summed E-state index contributed by atoms with van der Waals surface area (Å²) < 4.78 is 5.31. The molecule has 0 aliphatic rings. The summed E-state index contributed by atoms with van der Waals surface area (Å²) in [7, 11) is 3.33. The van der Waals surface area contributed by atoms with Crippen LogP contribution in [0, 0.1) is 0 Å². The zero-order valence-corrected chi connectivity index (χ0v) is 11.3. The molecule has 0 radical (unpaired) electrons. The van der Waals surface area contributed by atoms with E-state index in [-0.39, 0.29) is 18.4 Å². The van der Waals surface area contributed by atoms with Crippen LogP contribution in [0.15, 0.2) is 24.3 Å². The number of anilines is 1. The highest BCUT2D eigenvalue weighted by Gasteiger charge is 2.08. The lowest BCUT2D eigenvalue weighted by Crippen LogP contribution is -2.32. The molecule has 6 nitrogen and oxygen atoms in total. The molecule has 0 aliphatic carbocycles. The third kappa shape index (κ3) is 4.97. The standard InChI is InChI=1S/C13H19N3O3/c1-9(14)13(18)15-10-4-6-11(7-5-10)19-8-12(17)16(2)3/h4-7,9H,8,14H2,1-3H3,(H,15,18)/t9-/m1/s1. The molecule has 0 saturated heterocycles. The van der Waals surface area contributed by atoms with E-state index >= 15 is 0 Å². The Balaban J connectivity index is 2.52. The molecule has 0 aliphatic heterocycles. The van der Waals surface area contributed by atoms with Gasteiger partial charge in [-0.05, 0) is 31.2 Å². The molecule has 1 rings (SSSR count). The van der Waals surface area contributed by atoms with Crippen molar-refractivity contribution in [1.29, 1.82) is 0 Å². The van der Waals surface area contributed by atoms with Crippen molar-refractivity contribution in [2.75, 3.05) is 26.0 Å². The number of carbonyl (C=O) groups excluding carboxylic acids is 2. The summed E-state index contributed by atoms with van der Waals surface area (Å²) in [5.74, 6) is 0.194. The lowest BCUT2D eigenvalue weighted by atomic mass is 10.2. The maximum absolute atomic E-state index is 11.4. The Morgan fingerprint density at radius 1 is 1.32 bits per heavy atom. The Hall–Kier alpha value is -2.08. The van der Waals surface area contributed by atoms with Gasteiger partial charge >= 0.3 is 0 Å². The number of benzene rings is 1. The number of nitrogens with zero attached hydrogens (tertiary/aromatic N) is 1. The first-order valence-electron chi connectivity index (χ1n) is 5.89. The highest BCUT2D eigenvalue weighted by molar-refractivity contribution is 5.94. The summed E-state index contributed by atoms with van der Waals surface area (Å²) in [5.41, 5.74) is 6.08. The lowest BCUT2D eigenvalue weighted by molar-refractivity contribution is -0.130. The topological polar surface area (TPSA) is 84.7 Å². The number of likely N-dealkylation sites (N-methyl/N-ethyl adjacent to an activating group) is 1. The molecule has 0 unspecified atom stereocenters. The normalized spacial score (nSPS) is 11.6. The van der Waals surface area contributed by atoms with Crippen molar-refractivity contribution >= 4 is 17.5 Å². The van der Waals surface area contributed by atoms with E-state index in [9.17, 15) is 9.59 Å². The summed E-state index contributed by atoms with van der Waals surface area (Å²) >= 11 is 0. The van der Waals surface area contributed by atoms with Crippen molar-refractivity contribution < 1.29 is 14.3 Å². The van der Waals surface area contributed by atoms with Crippen LogP contribution in [0.25, 0.3) is 0 Å². The number of ether oxygens (including phenoxy) is 1. The maximum atomic E-state index is 11.4. The van der Waals surface area contributed by atoms with Crippen LogP contribution in [-0.2, 0) is 9.59 Å². The largest absolute Gasteiger partial charge is 0.484 e. The molecule has 0 saturated carbocycles. The average Bonchev–Trinajstić information content (AvgIpc) is 2.37. The fraction of sp³-hybridized carbons (Fsp3) is 0.385. The smallest absolute Gasteiger partial charge is 0.259 e. The van der Waals surface area contributed by atoms with E-state index in [0.717, 1.165) is 0 Å². The lowest BCUT2D eigenvalue weighted by Gasteiger charge is -2.12. The molecule has 0 heterocycles. The molecular formula is C13H19N3O3. The molecule has 2 amide bonds. The van der Waals surface area contributed by atoms with Gasteiger partial charge in [-0.3, -0.25) is 9.59 Å². The molecule has 1 aromatic carbocycles. The predicted molar refractivity (Wildman–Crippen MR) is 72.9 cm³/mol.